The Balaban J connectivity index is 2.48. The number of aryl methyl sites for hydroxylation is 1. The van der Waals surface area contributed by atoms with E-state index in [1.54, 1.807) is 0 Å². The monoisotopic (exact) mass is 361 g/mol. The fraction of sp³-hybridized carbons (Fsp3) is 0.750. The van der Waals surface area contributed by atoms with E-state index in [1.807, 2.05) is 34.6 Å². The minimum Gasteiger partial charge on any atom is -0.368 e. The Morgan fingerprint density at radius 1 is 1.19 bits per heavy atom. The van der Waals surface area contributed by atoms with Gasteiger partial charge >= 0.3 is 0 Å². The van der Waals surface area contributed by atoms with Crippen molar-refractivity contribution in [1.82, 2.24) is 15.3 Å². The van der Waals surface area contributed by atoms with Crippen LogP contribution in [0, 0.1) is 25.2 Å². The summed E-state index contributed by atoms with van der Waals surface area (Å²) < 4.78 is 0. The van der Waals surface area contributed by atoms with Crippen LogP contribution in [0.5, 0.6) is 0 Å². The molecule has 6 nitrogen and oxygen atoms in total. The van der Waals surface area contributed by atoms with Gasteiger partial charge in [0, 0.05) is 28.9 Å². The zero-order valence-electron chi connectivity index (χ0n) is 17.8. The third-order valence-corrected chi connectivity index (χ3v) is 6.00. The Hall–Kier alpha value is -1.85. The zero-order valence-corrected chi connectivity index (χ0v) is 17.8. The minimum absolute atomic E-state index is 0.0782. The van der Waals surface area contributed by atoms with Crippen molar-refractivity contribution in [2.45, 2.75) is 79.8 Å². The zero-order chi connectivity index (χ0) is 20.1. The number of piperidine rings is 1. The Labute approximate surface area is 158 Å². The summed E-state index contributed by atoms with van der Waals surface area (Å²) in [6, 6.07) is 0. The number of hydrogen-bond donors (Lipinski definition) is 2. The first kappa shape index (κ1) is 20.5. The number of rotatable bonds is 2. The summed E-state index contributed by atoms with van der Waals surface area (Å²) in [6.45, 7) is 19.5. The fourth-order valence-electron chi connectivity index (χ4n) is 3.64. The van der Waals surface area contributed by atoms with Crippen molar-refractivity contribution in [2.24, 2.45) is 11.3 Å². The molecule has 2 rings (SSSR count). The van der Waals surface area contributed by atoms with Crippen LogP contribution < -0.4 is 16.0 Å². The highest BCUT2D eigenvalue weighted by Gasteiger charge is 2.50. The van der Waals surface area contributed by atoms with E-state index in [0.717, 1.165) is 23.5 Å². The highest BCUT2D eigenvalue weighted by Crippen LogP contribution is 2.47. The summed E-state index contributed by atoms with van der Waals surface area (Å²) in [5, 5.41) is 3.14. The molecule has 2 heterocycles. The van der Waals surface area contributed by atoms with Gasteiger partial charge in [-0.3, -0.25) is 4.79 Å². The lowest BCUT2D eigenvalue weighted by atomic mass is 9.64. The van der Waals surface area contributed by atoms with E-state index in [9.17, 15) is 4.79 Å². The van der Waals surface area contributed by atoms with Gasteiger partial charge in [0.1, 0.15) is 5.82 Å². The van der Waals surface area contributed by atoms with Gasteiger partial charge in [-0.15, -0.1) is 0 Å². The number of hydrogen-bond acceptors (Lipinski definition) is 5. The summed E-state index contributed by atoms with van der Waals surface area (Å²) in [5.74, 6) is 1.11. The smallest absolute Gasteiger partial charge is 0.225 e. The van der Waals surface area contributed by atoms with Crippen LogP contribution in [0.15, 0.2) is 0 Å². The van der Waals surface area contributed by atoms with Crippen LogP contribution in [0.4, 0.5) is 11.8 Å². The van der Waals surface area contributed by atoms with Crippen LogP contribution in [0.1, 0.15) is 66.1 Å². The molecule has 146 valence electrons. The number of carbonyl (C=O) groups is 1. The molecular weight excluding hydrogens is 326 g/mol. The third-order valence-electron chi connectivity index (χ3n) is 6.00. The number of aromatic nitrogens is 2. The van der Waals surface area contributed by atoms with E-state index in [2.05, 4.69) is 47.9 Å². The first-order chi connectivity index (χ1) is 11.7. The molecule has 1 fully saturated rings. The van der Waals surface area contributed by atoms with Crippen LogP contribution in [-0.4, -0.2) is 33.5 Å². The van der Waals surface area contributed by atoms with E-state index < -0.39 is 0 Å². The Bertz CT molecular complexity index is 703. The van der Waals surface area contributed by atoms with Crippen LogP contribution in [0.25, 0.3) is 0 Å². The number of anilines is 2. The lowest BCUT2D eigenvalue weighted by Crippen LogP contribution is -2.63. The third kappa shape index (κ3) is 3.79. The van der Waals surface area contributed by atoms with E-state index in [1.165, 1.54) is 0 Å². The number of carbonyl (C=O) groups excluding carboxylic acids is 1. The molecule has 1 aliphatic rings. The lowest BCUT2D eigenvalue weighted by Gasteiger charge is -2.56. The van der Waals surface area contributed by atoms with Crippen molar-refractivity contribution in [3.05, 3.63) is 11.3 Å². The molecular formula is C20H35N5O. The second kappa shape index (κ2) is 6.39. The summed E-state index contributed by atoms with van der Waals surface area (Å²) in [5.41, 5.74) is 7.33. The first-order valence-corrected chi connectivity index (χ1v) is 9.36. The van der Waals surface area contributed by atoms with Gasteiger partial charge < -0.3 is 16.0 Å². The molecule has 0 radical (unpaired) electrons. The summed E-state index contributed by atoms with van der Waals surface area (Å²) in [6.07, 6.45) is 0.830. The number of nitrogen functional groups attached to an aromatic ring is 1. The molecule has 1 aliphatic heterocycles. The molecule has 0 bridgehead atoms. The van der Waals surface area contributed by atoms with Crippen LogP contribution >= 0.6 is 0 Å². The maximum absolute atomic E-state index is 12.9. The van der Waals surface area contributed by atoms with E-state index in [0.29, 0.717) is 6.54 Å². The molecule has 1 aromatic heterocycles. The predicted octanol–water partition coefficient (Wildman–Crippen LogP) is 3.22. The summed E-state index contributed by atoms with van der Waals surface area (Å²) in [4.78, 5) is 24.0. The molecule has 0 spiro atoms. The van der Waals surface area contributed by atoms with Crippen molar-refractivity contribution >= 4 is 17.7 Å². The van der Waals surface area contributed by atoms with Gasteiger partial charge in [-0.2, -0.15) is 4.98 Å². The Morgan fingerprint density at radius 3 is 2.31 bits per heavy atom. The molecule has 0 saturated carbocycles. The van der Waals surface area contributed by atoms with Gasteiger partial charge in [-0.1, -0.05) is 13.8 Å². The van der Waals surface area contributed by atoms with Crippen LogP contribution in [0.3, 0.4) is 0 Å². The van der Waals surface area contributed by atoms with Gasteiger partial charge in [-0.25, -0.2) is 4.98 Å². The predicted molar refractivity (Wildman–Crippen MR) is 107 cm³/mol. The van der Waals surface area contributed by atoms with Crippen molar-refractivity contribution in [1.29, 1.82) is 0 Å². The maximum atomic E-state index is 12.9. The lowest BCUT2D eigenvalue weighted by molar-refractivity contribution is -0.128. The topological polar surface area (TPSA) is 84.1 Å². The Morgan fingerprint density at radius 2 is 1.77 bits per heavy atom. The number of nitrogens with one attached hydrogen (secondary N) is 1. The van der Waals surface area contributed by atoms with Crippen molar-refractivity contribution in [2.75, 3.05) is 17.2 Å². The molecule has 3 N–H and O–H groups in total. The number of amides is 1. The highest BCUT2D eigenvalue weighted by molar-refractivity contribution is 5.80. The Kier molecular flexibility index (Phi) is 5.03. The van der Waals surface area contributed by atoms with Crippen molar-refractivity contribution < 1.29 is 4.79 Å². The normalized spacial score (nSPS) is 22.2. The standard InChI is InChI=1S/C20H35N5O/c1-12-13(2)22-17(21)23-15(12)25-11-14(16(26)24-18(3,4)5)10-19(6,7)20(25,8)9/h14H,10-11H2,1-9H3,(H,24,26)(H2,21,22,23). The van der Waals surface area contributed by atoms with Gasteiger partial charge in [0.2, 0.25) is 11.9 Å². The first-order valence-electron chi connectivity index (χ1n) is 9.36. The average Bonchev–Trinajstić information content (AvgIpc) is 2.44. The highest BCUT2D eigenvalue weighted by atomic mass is 16.2. The summed E-state index contributed by atoms with van der Waals surface area (Å²) in [7, 11) is 0. The van der Waals surface area contributed by atoms with Crippen molar-refractivity contribution in [3.63, 3.8) is 0 Å². The quantitative estimate of drug-likeness (QED) is 0.845. The average molecular weight is 362 g/mol. The van der Waals surface area contributed by atoms with Gasteiger partial charge in [0.25, 0.3) is 0 Å². The molecule has 6 heteroatoms. The van der Waals surface area contributed by atoms with Gasteiger partial charge in [0.05, 0.1) is 5.92 Å². The van der Waals surface area contributed by atoms with Gasteiger partial charge in [0.15, 0.2) is 0 Å². The number of nitrogens with zero attached hydrogens (tertiary/aromatic N) is 3. The minimum atomic E-state index is -0.245. The van der Waals surface area contributed by atoms with Crippen LogP contribution in [0.2, 0.25) is 0 Å². The largest absolute Gasteiger partial charge is 0.368 e. The second-order valence-electron chi connectivity index (χ2n) is 9.81. The molecule has 26 heavy (non-hydrogen) atoms. The molecule has 1 saturated heterocycles. The fourth-order valence-corrected chi connectivity index (χ4v) is 3.64. The van der Waals surface area contributed by atoms with Gasteiger partial charge in [-0.05, 0) is 60.3 Å². The molecule has 0 aromatic carbocycles. The summed E-state index contributed by atoms with van der Waals surface area (Å²) >= 11 is 0. The molecule has 1 aromatic rings. The SMILES string of the molecule is Cc1nc(N)nc(N2CC(C(=O)NC(C)(C)C)CC(C)(C)C2(C)C)c1C. The van der Waals surface area contributed by atoms with E-state index in [-0.39, 0.29) is 34.3 Å². The maximum Gasteiger partial charge on any atom is 0.225 e. The van der Waals surface area contributed by atoms with Crippen LogP contribution in [-0.2, 0) is 4.79 Å². The van der Waals surface area contributed by atoms with E-state index >= 15 is 0 Å². The molecule has 1 unspecified atom stereocenters. The molecule has 1 amide bonds. The molecule has 0 aliphatic carbocycles. The van der Waals surface area contributed by atoms with E-state index in [4.69, 9.17) is 5.73 Å². The second-order valence-corrected chi connectivity index (χ2v) is 9.81. The molecule has 1 atom stereocenters. The van der Waals surface area contributed by atoms with Crippen molar-refractivity contribution in [3.8, 4) is 0 Å². The number of nitrogens with two attached hydrogens (primary N) is 1.